The van der Waals surface area contributed by atoms with Gasteiger partial charge in [-0.05, 0) is 0 Å². The van der Waals surface area contributed by atoms with Crippen LogP contribution < -0.4 is 5.73 Å². The summed E-state index contributed by atoms with van der Waals surface area (Å²) in [6.45, 7) is 0. The van der Waals surface area contributed by atoms with Gasteiger partial charge in [0.25, 0.3) is 0 Å². The van der Waals surface area contributed by atoms with E-state index in [4.69, 9.17) is 10.5 Å². The lowest BCUT2D eigenvalue weighted by atomic mass is 10.1. The fourth-order valence-corrected chi connectivity index (χ4v) is 3.56. The van der Waals surface area contributed by atoms with E-state index in [9.17, 15) is 10.2 Å². The summed E-state index contributed by atoms with van der Waals surface area (Å²) in [5.41, 5.74) is 6.63. The van der Waals surface area contributed by atoms with Gasteiger partial charge in [-0.2, -0.15) is 0 Å². The Morgan fingerprint density at radius 2 is 2.04 bits per heavy atom. The SMILES string of the molecule is Nc1ncnc2c1ncn2[C@@H]1O[C@H](CSc2cnccn2)[C@@H](O)[C@H]1O. The first-order chi connectivity index (χ1) is 12.1. The first kappa shape index (κ1) is 16.1. The van der Waals surface area contributed by atoms with Gasteiger partial charge < -0.3 is 20.7 Å². The summed E-state index contributed by atoms with van der Waals surface area (Å²) in [6, 6.07) is 0. The number of ether oxygens (including phenoxy) is 1. The standard InChI is InChI=1S/C14H15N7O3S/c15-12-9-13(19-5-18-12)21(6-20-9)14-11(23)10(22)7(24-14)4-25-8-3-16-1-2-17-8/h1-3,5-7,10-11,14,22-23H,4H2,(H2,15,18,19)/t7-,10-,11-,14-/m1/s1. The Labute approximate surface area is 146 Å². The fraction of sp³-hybridized carbons (Fsp3) is 0.357. The first-order valence-corrected chi connectivity index (χ1v) is 8.47. The Morgan fingerprint density at radius 1 is 1.16 bits per heavy atom. The maximum atomic E-state index is 10.4. The maximum Gasteiger partial charge on any atom is 0.167 e. The number of aliphatic hydroxyl groups is 2. The van der Waals surface area contributed by atoms with E-state index in [1.54, 1.807) is 23.2 Å². The summed E-state index contributed by atoms with van der Waals surface area (Å²) in [4.78, 5) is 20.3. The predicted octanol–water partition coefficient (Wildman–Crippen LogP) is -0.390. The number of nitrogen functional groups attached to an aromatic ring is 1. The van der Waals surface area contributed by atoms with Crippen molar-refractivity contribution in [2.75, 3.05) is 11.5 Å². The maximum absolute atomic E-state index is 10.4. The van der Waals surface area contributed by atoms with E-state index < -0.39 is 24.5 Å². The van der Waals surface area contributed by atoms with Gasteiger partial charge in [0, 0.05) is 18.1 Å². The van der Waals surface area contributed by atoms with E-state index in [0.717, 1.165) is 0 Å². The van der Waals surface area contributed by atoms with Gasteiger partial charge in [0.15, 0.2) is 17.7 Å². The topological polar surface area (TPSA) is 145 Å². The van der Waals surface area contributed by atoms with E-state index in [-0.39, 0.29) is 5.82 Å². The van der Waals surface area contributed by atoms with Crippen LogP contribution in [0.5, 0.6) is 0 Å². The highest BCUT2D eigenvalue weighted by molar-refractivity contribution is 7.99. The summed E-state index contributed by atoms with van der Waals surface area (Å²) in [6.07, 6.45) is 4.01. The van der Waals surface area contributed by atoms with Gasteiger partial charge in [0.1, 0.15) is 29.1 Å². The number of thioether (sulfide) groups is 1. The molecule has 0 amide bonds. The van der Waals surface area contributed by atoms with Crippen LogP contribution in [0.3, 0.4) is 0 Å². The molecule has 1 fully saturated rings. The molecule has 4 N–H and O–H groups in total. The molecule has 4 atom stereocenters. The summed E-state index contributed by atoms with van der Waals surface area (Å²) in [5, 5.41) is 21.4. The first-order valence-electron chi connectivity index (χ1n) is 7.48. The molecule has 1 aliphatic heterocycles. The number of fused-ring (bicyclic) bond motifs is 1. The molecule has 0 saturated carbocycles. The zero-order valence-corrected chi connectivity index (χ0v) is 13.7. The Bertz CT molecular complexity index is 877. The minimum absolute atomic E-state index is 0.242. The zero-order chi connectivity index (χ0) is 17.4. The van der Waals surface area contributed by atoms with Crippen LogP contribution in [-0.4, -0.2) is 63.8 Å². The highest BCUT2D eigenvalue weighted by Gasteiger charge is 2.44. The lowest BCUT2D eigenvalue weighted by Gasteiger charge is -2.16. The highest BCUT2D eigenvalue weighted by atomic mass is 32.2. The molecule has 3 aromatic heterocycles. The average Bonchev–Trinajstić information content (AvgIpc) is 3.18. The third-order valence-electron chi connectivity index (χ3n) is 3.93. The molecule has 10 nitrogen and oxygen atoms in total. The zero-order valence-electron chi connectivity index (χ0n) is 12.9. The Balaban J connectivity index is 1.54. The summed E-state index contributed by atoms with van der Waals surface area (Å²) >= 11 is 1.39. The molecule has 1 aliphatic rings. The molecule has 0 aromatic carbocycles. The second-order valence-electron chi connectivity index (χ2n) is 5.48. The van der Waals surface area contributed by atoms with E-state index >= 15 is 0 Å². The third kappa shape index (κ3) is 2.91. The largest absolute Gasteiger partial charge is 0.387 e. The van der Waals surface area contributed by atoms with E-state index in [0.29, 0.717) is 21.9 Å². The molecule has 11 heteroatoms. The molecule has 4 rings (SSSR count). The highest BCUT2D eigenvalue weighted by Crippen LogP contribution is 2.34. The van der Waals surface area contributed by atoms with Crippen molar-refractivity contribution >= 4 is 28.7 Å². The van der Waals surface area contributed by atoms with Crippen molar-refractivity contribution in [1.82, 2.24) is 29.5 Å². The summed E-state index contributed by atoms with van der Waals surface area (Å²) < 4.78 is 7.40. The van der Waals surface area contributed by atoms with Crippen molar-refractivity contribution in [3.63, 3.8) is 0 Å². The third-order valence-corrected chi connectivity index (χ3v) is 4.94. The van der Waals surface area contributed by atoms with Crippen molar-refractivity contribution in [3.8, 4) is 0 Å². The van der Waals surface area contributed by atoms with Crippen molar-refractivity contribution in [3.05, 3.63) is 31.2 Å². The minimum Gasteiger partial charge on any atom is -0.387 e. The Morgan fingerprint density at radius 3 is 2.84 bits per heavy atom. The molecule has 0 bridgehead atoms. The van der Waals surface area contributed by atoms with E-state index in [1.165, 1.54) is 24.4 Å². The molecular weight excluding hydrogens is 346 g/mol. The van der Waals surface area contributed by atoms with Gasteiger partial charge in [0.05, 0.1) is 18.6 Å². The smallest absolute Gasteiger partial charge is 0.167 e. The Hall–Kier alpha value is -2.34. The van der Waals surface area contributed by atoms with Crippen molar-refractivity contribution in [2.45, 2.75) is 29.6 Å². The van der Waals surface area contributed by atoms with Crippen LogP contribution in [0.25, 0.3) is 11.2 Å². The normalized spacial score (nSPS) is 26.3. The second kappa shape index (κ2) is 6.52. The Kier molecular flexibility index (Phi) is 4.21. The number of anilines is 1. The molecule has 25 heavy (non-hydrogen) atoms. The van der Waals surface area contributed by atoms with Crippen LogP contribution in [0.1, 0.15) is 6.23 Å². The van der Waals surface area contributed by atoms with Crippen LogP contribution >= 0.6 is 11.8 Å². The molecule has 3 aromatic rings. The van der Waals surface area contributed by atoms with Crippen molar-refractivity contribution < 1.29 is 14.9 Å². The van der Waals surface area contributed by atoms with Crippen LogP contribution in [0.4, 0.5) is 5.82 Å². The van der Waals surface area contributed by atoms with Crippen LogP contribution in [0.15, 0.2) is 36.3 Å². The number of aromatic nitrogens is 6. The van der Waals surface area contributed by atoms with E-state index in [1.807, 2.05) is 0 Å². The van der Waals surface area contributed by atoms with E-state index in [2.05, 4.69) is 24.9 Å². The number of rotatable bonds is 4. The van der Waals surface area contributed by atoms with Crippen LogP contribution in [-0.2, 0) is 4.74 Å². The fourth-order valence-electron chi connectivity index (χ4n) is 2.68. The van der Waals surface area contributed by atoms with Gasteiger partial charge in [0.2, 0.25) is 0 Å². The van der Waals surface area contributed by atoms with Crippen LogP contribution in [0.2, 0.25) is 0 Å². The number of hydrogen-bond donors (Lipinski definition) is 3. The number of imidazole rings is 1. The van der Waals surface area contributed by atoms with Crippen molar-refractivity contribution in [2.24, 2.45) is 0 Å². The number of nitrogens with two attached hydrogens (primary N) is 1. The lowest BCUT2D eigenvalue weighted by Crippen LogP contribution is -2.32. The molecule has 4 heterocycles. The second-order valence-corrected chi connectivity index (χ2v) is 6.52. The minimum atomic E-state index is -1.12. The number of aliphatic hydroxyl groups excluding tert-OH is 2. The van der Waals surface area contributed by atoms with Crippen LogP contribution in [0, 0.1) is 0 Å². The number of hydrogen-bond acceptors (Lipinski definition) is 10. The van der Waals surface area contributed by atoms with Gasteiger partial charge >= 0.3 is 0 Å². The van der Waals surface area contributed by atoms with Crippen molar-refractivity contribution in [1.29, 1.82) is 0 Å². The molecule has 1 saturated heterocycles. The summed E-state index contributed by atoms with van der Waals surface area (Å²) in [5.74, 6) is 0.656. The van der Waals surface area contributed by atoms with Gasteiger partial charge in [-0.3, -0.25) is 9.55 Å². The predicted molar refractivity (Wildman–Crippen MR) is 88.4 cm³/mol. The molecule has 130 valence electrons. The molecule has 0 aliphatic carbocycles. The quantitative estimate of drug-likeness (QED) is 0.525. The summed E-state index contributed by atoms with van der Waals surface area (Å²) in [7, 11) is 0. The van der Waals surface area contributed by atoms with Gasteiger partial charge in [-0.15, -0.1) is 11.8 Å². The molecule has 0 spiro atoms. The van der Waals surface area contributed by atoms with Gasteiger partial charge in [-0.1, -0.05) is 0 Å². The average molecular weight is 361 g/mol. The lowest BCUT2D eigenvalue weighted by molar-refractivity contribution is -0.0289. The monoisotopic (exact) mass is 361 g/mol. The number of nitrogens with zero attached hydrogens (tertiary/aromatic N) is 6. The van der Waals surface area contributed by atoms with Gasteiger partial charge in [-0.25, -0.2) is 19.9 Å². The molecular formula is C14H15N7O3S. The molecule has 0 unspecified atom stereocenters. The molecule has 0 radical (unpaired) electrons.